The van der Waals surface area contributed by atoms with E-state index in [0.717, 1.165) is 37.7 Å². The second kappa shape index (κ2) is 5.80. The molecule has 0 spiro atoms. The maximum atomic E-state index is 13.7. The summed E-state index contributed by atoms with van der Waals surface area (Å²) in [5.41, 5.74) is 0.915. The summed E-state index contributed by atoms with van der Waals surface area (Å²) in [6.45, 7) is 3.31. The predicted molar refractivity (Wildman–Crippen MR) is 79.8 cm³/mol. The molecule has 2 heterocycles. The zero-order valence-corrected chi connectivity index (χ0v) is 11.5. The average molecular weight is 282 g/mol. The minimum Gasteiger partial charge on any atom is -0.368 e. The fraction of sp³-hybridized carbons (Fsp3) is 0.250. The van der Waals surface area contributed by atoms with Crippen LogP contribution in [-0.2, 0) is 0 Å². The summed E-state index contributed by atoms with van der Waals surface area (Å²) in [5.74, 6) is 0.519. The van der Waals surface area contributed by atoms with E-state index >= 15 is 0 Å². The zero-order valence-electron chi connectivity index (χ0n) is 11.5. The van der Waals surface area contributed by atoms with Crippen molar-refractivity contribution in [3.63, 3.8) is 0 Å². The number of halogens is 1. The number of aromatic nitrogens is 1. The number of nitriles is 1. The van der Waals surface area contributed by atoms with Crippen LogP contribution >= 0.6 is 0 Å². The smallest absolute Gasteiger partial charge is 0.143 e. The second-order valence-corrected chi connectivity index (χ2v) is 4.94. The quantitative estimate of drug-likeness (QED) is 0.848. The number of hydrogen-bond acceptors (Lipinski definition) is 4. The van der Waals surface area contributed by atoms with Crippen LogP contribution in [0.1, 0.15) is 5.56 Å². The van der Waals surface area contributed by atoms with Crippen molar-refractivity contribution < 1.29 is 4.39 Å². The summed E-state index contributed by atoms with van der Waals surface area (Å²) in [5, 5.41) is 8.76. The Morgan fingerprint density at radius 3 is 2.43 bits per heavy atom. The Labute approximate surface area is 123 Å². The van der Waals surface area contributed by atoms with Gasteiger partial charge < -0.3 is 9.80 Å². The molecule has 0 bridgehead atoms. The van der Waals surface area contributed by atoms with Crippen LogP contribution in [0.4, 0.5) is 15.9 Å². The topological polar surface area (TPSA) is 43.2 Å². The van der Waals surface area contributed by atoms with Crippen molar-refractivity contribution in [3.05, 3.63) is 54.0 Å². The molecule has 1 aliphatic rings. The number of nitrogens with zero attached hydrogens (tertiary/aromatic N) is 4. The molecule has 3 rings (SSSR count). The molecule has 1 aliphatic heterocycles. The van der Waals surface area contributed by atoms with Gasteiger partial charge in [0.15, 0.2) is 0 Å². The Morgan fingerprint density at radius 1 is 1.05 bits per heavy atom. The third kappa shape index (κ3) is 2.79. The third-order valence-corrected chi connectivity index (χ3v) is 3.69. The van der Waals surface area contributed by atoms with Crippen LogP contribution in [0.5, 0.6) is 0 Å². The Balaban J connectivity index is 1.69. The Hall–Kier alpha value is -2.61. The van der Waals surface area contributed by atoms with E-state index in [0.29, 0.717) is 0 Å². The van der Waals surface area contributed by atoms with E-state index in [1.54, 1.807) is 12.3 Å². The van der Waals surface area contributed by atoms with Gasteiger partial charge in [0, 0.05) is 38.1 Å². The lowest BCUT2D eigenvalue weighted by molar-refractivity contribution is 0.616. The monoisotopic (exact) mass is 282 g/mol. The molecule has 2 aromatic rings. The van der Waals surface area contributed by atoms with E-state index in [9.17, 15) is 4.39 Å². The van der Waals surface area contributed by atoms with Crippen molar-refractivity contribution in [3.8, 4) is 6.07 Å². The summed E-state index contributed by atoms with van der Waals surface area (Å²) in [4.78, 5) is 8.70. The van der Waals surface area contributed by atoms with E-state index in [2.05, 4.69) is 14.8 Å². The number of benzene rings is 1. The molecule has 5 heteroatoms. The SMILES string of the molecule is N#Cc1ccc(N2CCN(c3ccccn3)CC2)cc1F. The van der Waals surface area contributed by atoms with Gasteiger partial charge in [-0.05, 0) is 30.3 Å². The van der Waals surface area contributed by atoms with Crippen LogP contribution in [0.25, 0.3) is 0 Å². The van der Waals surface area contributed by atoms with E-state index in [1.165, 1.54) is 12.1 Å². The van der Waals surface area contributed by atoms with Crippen LogP contribution in [0.3, 0.4) is 0 Å². The molecule has 0 aliphatic carbocycles. The maximum absolute atomic E-state index is 13.7. The first kappa shape index (κ1) is 13.4. The highest BCUT2D eigenvalue weighted by atomic mass is 19.1. The summed E-state index contributed by atoms with van der Waals surface area (Å²) in [6.07, 6.45) is 1.79. The van der Waals surface area contributed by atoms with Gasteiger partial charge in [-0.25, -0.2) is 9.37 Å². The first-order valence-electron chi connectivity index (χ1n) is 6.88. The molecule has 1 aromatic heterocycles. The number of hydrogen-bond donors (Lipinski definition) is 0. The minimum absolute atomic E-state index is 0.0888. The molecule has 1 saturated heterocycles. The predicted octanol–water partition coefficient (Wildman–Crippen LogP) is 2.42. The molecule has 106 valence electrons. The highest BCUT2D eigenvalue weighted by Gasteiger charge is 2.18. The second-order valence-electron chi connectivity index (χ2n) is 4.94. The van der Waals surface area contributed by atoms with Gasteiger partial charge >= 0.3 is 0 Å². The molecular weight excluding hydrogens is 267 g/mol. The molecule has 1 fully saturated rings. The summed E-state index contributed by atoms with van der Waals surface area (Å²) in [7, 11) is 0. The number of piperazine rings is 1. The molecule has 21 heavy (non-hydrogen) atoms. The fourth-order valence-electron chi connectivity index (χ4n) is 2.53. The lowest BCUT2D eigenvalue weighted by atomic mass is 10.2. The van der Waals surface area contributed by atoms with Gasteiger partial charge in [-0.2, -0.15) is 5.26 Å². The zero-order chi connectivity index (χ0) is 14.7. The largest absolute Gasteiger partial charge is 0.368 e. The molecule has 0 saturated carbocycles. The van der Waals surface area contributed by atoms with E-state index in [-0.39, 0.29) is 5.56 Å². The molecule has 0 N–H and O–H groups in total. The van der Waals surface area contributed by atoms with Gasteiger partial charge in [0.05, 0.1) is 5.56 Å². The number of rotatable bonds is 2. The normalized spacial score (nSPS) is 14.9. The van der Waals surface area contributed by atoms with Crippen molar-refractivity contribution in [2.75, 3.05) is 36.0 Å². The summed E-state index contributed by atoms with van der Waals surface area (Å²) in [6, 6.07) is 12.5. The van der Waals surface area contributed by atoms with E-state index < -0.39 is 5.82 Å². The lowest BCUT2D eigenvalue weighted by Gasteiger charge is -2.36. The summed E-state index contributed by atoms with van der Waals surface area (Å²) < 4.78 is 13.7. The lowest BCUT2D eigenvalue weighted by Crippen LogP contribution is -2.46. The maximum Gasteiger partial charge on any atom is 0.143 e. The molecule has 4 nitrogen and oxygen atoms in total. The first-order chi connectivity index (χ1) is 10.3. The Morgan fingerprint density at radius 2 is 1.81 bits per heavy atom. The van der Waals surface area contributed by atoms with Crippen molar-refractivity contribution in [1.29, 1.82) is 5.26 Å². The first-order valence-corrected chi connectivity index (χ1v) is 6.88. The minimum atomic E-state index is -0.456. The van der Waals surface area contributed by atoms with Crippen molar-refractivity contribution >= 4 is 11.5 Å². The average Bonchev–Trinajstić information content (AvgIpc) is 2.56. The van der Waals surface area contributed by atoms with Crippen LogP contribution < -0.4 is 9.80 Å². The van der Waals surface area contributed by atoms with Crippen LogP contribution in [-0.4, -0.2) is 31.2 Å². The van der Waals surface area contributed by atoms with Crippen molar-refractivity contribution in [1.82, 2.24) is 4.98 Å². The molecule has 0 unspecified atom stereocenters. The third-order valence-electron chi connectivity index (χ3n) is 3.69. The Kier molecular flexibility index (Phi) is 3.69. The van der Waals surface area contributed by atoms with Crippen molar-refractivity contribution in [2.24, 2.45) is 0 Å². The fourth-order valence-corrected chi connectivity index (χ4v) is 2.53. The van der Waals surface area contributed by atoms with Gasteiger partial charge in [-0.1, -0.05) is 6.07 Å². The van der Waals surface area contributed by atoms with E-state index in [1.807, 2.05) is 24.3 Å². The molecule has 1 aromatic carbocycles. The summed E-state index contributed by atoms with van der Waals surface area (Å²) >= 11 is 0. The van der Waals surface area contributed by atoms with Gasteiger partial charge in [0.2, 0.25) is 0 Å². The van der Waals surface area contributed by atoms with Gasteiger partial charge in [0.25, 0.3) is 0 Å². The Bertz CT molecular complexity index is 658. The van der Waals surface area contributed by atoms with Crippen molar-refractivity contribution in [2.45, 2.75) is 0 Å². The molecule has 0 atom stereocenters. The molecule has 0 amide bonds. The van der Waals surface area contributed by atoms with Gasteiger partial charge in [-0.3, -0.25) is 0 Å². The molecular formula is C16H15FN4. The van der Waals surface area contributed by atoms with Gasteiger partial charge in [0.1, 0.15) is 17.7 Å². The highest BCUT2D eigenvalue weighted by Crippen LogP contribution is 2.21. The standard InChI is InChI=1S/C16H15FN4/c17-15-11-14(5-4-13(15)12-18)20-7-9-21(10-8-20)16-3-1-2-6-19-16/h1-6,11H,7-10H2. The van der Waals surface area contributed by atoms with Gasteiger partial charge in [-0.15, -0.1) is 0 Å². The number of pyridine rings is 1. The van der Waals surface area contributed by atoms with Crippen LogP contribution in [0.15, 0.2) is 42.6 Å². The van der Waals surface area contributed by atoms with Crippen LogP contribution in [0.2, 0.25) is 0 Å². The molecule has 0 radical (unpaired) electrons. The highest BCUT2D eigenvalue weighted by molar-refractivity contribution is 5.52. The number of anilines is 2. The van der Waals surface area contributed by atoms with E-state index in [4.69, 9.17) is 5.26 Å². The van der Waals surface area contributed by atoms with Crippen LogP contribution in [0, 0.1) is 17.1 Å².